The lowest BCUT2D eigenvalue weighted by Gasteiger charge is -2.43. The van der Waals surface area contributed by atoms with E-state index in [0.717, 1.165) is 21.5 Å². The van der Waals surface area contributed by atoms with Gasteiger partial charge in [-0.25, -0.2) is 9.37 Å². The van der Waals surface area contributed by atoms with E-state index in [1.54, 1.807) is 12.1 Å². The lowest BCUT2D eigenvalue weighted by molar-refractivity contribution is 0.0717. The number of benzene rings is 4. The van der Waals surface area contributed by atoms with Crippen LogP contribution in [0.4, 0.5) is 4.39 Å². The van der Waals surface area contributed by atoms with Gasteiger partial charge in [0.25, 0.3) is 14.2 Å². The van der Waals surface area contributed by atoms with E-state index in [9.17, 15) is 14.0 Å². The fourth-order valence-electron chi connectivity index (χ4n) is 6.01. The van der Waals surface area contributed by atoms with E-state index in [4.69, 9.17) is 13.9 Å². The Kier molecular flexibility index (Phi) is 11.5. The van der Waals surface area contributed by atoms with Crippen molar-refractivity contribution in [1.29, 1.82) is 0 Å². The Morgan fingerprint density at radius 3 is 1.90 bits per heavy atom. The number of hydrogen-bond acceptors (Lipinski definition) is 6. The summed E-state index contributed by atoms with van der Waals surface area (Å²) in [5, 5.41) is 4.69. The monoisotopic (exact) mass is 676 g/mol. The summed E-state index contributed by atoms with van der Waals surface area (Å²) in [6.07, 6.45) is 1.39. The van der Waals surface area contributed by atoms with Gasteiger partial charge >= 0.3 is 0 Å². The van der Waals surface area contributed by atoms with Crippen LogP contribution in [0.15, 0.2) is 121 Å². The molecule has 0 aliphatic rings. The normalized spacial score (nSPS) is 11.6. The molecule has 5 aromatic rings. The summed E-state index contributed by atoms with van der Waals surface area (Å²) in [5.41, 5.74) is 2.31. The smallest absolute Gasteiger partial charge is 0.261 e. The molecule has 9 heteroatoms. The first-order valence-corrected chi connectivity index (χ1v) is 18.0. The Balaban J connectivity index is 1.54. The summed E-state index contributed by atoms with van der Waals surface area (Å²) in [5.74, 6) is -1.03. The van der Waals surface area contributed by atoms with E-state index >= 15 is 0 Å². The number of nitrogens with zero attached hydrogens (tertiary/aromatic N) is 1. The lowest BCUT2D eigenvalue weighted by atomic mass is 10.1. The van der Waals surface area contributed by atoms with Crippen LogP contribution in [0.3, 0.4) is 0 Å². The number of rotatable bonds is 14. The van der Waals surface area contributed by atoms with Gasteiger partial charge in [0.05, 0.1) is 25.9 Å². The number of halogens is 1. The quantitative estimate of drug-likeness (QED) is 0.105. The highest BCUT2D eigenvalue weighted by Crippen LogP contribution is 2.38. The molecule has 1 aromatic heterocycles. The van der Waals surface area contributed by atoms with E-state index in [1.807, 2.05) is 66.7 Å². The van der Waals surface area contributed by atoms with Gasteiger partial charge in [-0.1, -0.05) is 124 Å². The third-order valence-corrected chi connectivity index (χ3v) is 13.4. The zero-order valence-electron chi connectivity index (χ0n) is 28.2. The first-order chi connectivity index (χ1) is 23.6. The Morgan fingerprint density at radius 1 is 0.776 bits per heavy atom. The largest absolute Gasteiger partial charge is 0.494 e. The van der Waals surface area contributed by atoms with Gasteiger partial charge in [0.1, 0.15) is 12.4 Å². The second-order valence-corrected chi connectivity index (χ2v) is 17.0. The van der Waals surface area contributed by atoms with Gasteiger partial charge in [-0.05, 0) is 38.7 Å². The van der Waals surface area contributed by atoms with Crippen molar-refractivity contribution in [3.63, 3.8) is 0 Å². The first kappa shape index (κ1) is 35.3. The van der Waals surface area contributed by atoms with Crippen LogP contribution in [-0.4, -0.2) is 38.7 Å². The number of nitrogens with one attached hydrogen (secondary N) is 1. The Labute approximate surface area is 288 Å². The second kappa shape index (κ2) is 16.0. The topological polar surface area (TPSA) is 86.8 Å². The molecular weight excluding hydrogens is 636 g/mol. The molecule has 0 atom stereocenters. The summed E-state index contributed by atoms with van der Waals surface area (Å²) in [7, 11) is -1.61. The highest BCUT2D eigenvalue weighted by atomic mass is 28.4. The predicted octanol–water partition coefficient (Wildman–Crippen LogP) is 6.64. The lowest BCUT2D eigenvalue weighted by Crippen LogP contribution is -2.66. The van der Waals surface area contributed by atoms with Crippen LogP contribution in [0.2, 0.25) is 5.04 Å². The molecule has 0 radical (unpaired) electrons. The van der Waals surface area contributed by atoms with Crippen LogP contribution >= 0.6 is 0 Å². The van der Waals surface area contributed by atoms with Crippen molar-refractivity contribution in [2.45, 2.75) is 45.6 Å². The van der Waals surface area contributed by atoms with E-state index in [2.05, 4.69) is 55.3 Å². The van der Waals surface area contributed by atoms with Gasteiger partial charge in [-0.2, -0.15) is 0 Å². The van der Waals surface area contributed by atoms with Crippen molar-refractivity contribution in [3.8, 4) is 5.75 Å². The molecule has 0 saturated heterocycles. The van der Waals surface area contributed by atoms with Crippen molar-refractivity contribution < 1.29 is 27.9 Å². The number of carbonyl (C=O) groups excluding carboxylic acids is 2. The average molecular weight is 677 g/mol. The standard InChI is InChI=1S/C40H41FN2O5Si/c1-40(2,3)49(32-16-10-6-11-17-32,33-18-12-7-13-19-33)48-27-35-34(39(45)43-24-29-20-22-31(41)23-21-29)25-42-37(38(35)46-4)36(44)28-47-26-30-14-8-5-9-15-30/h5-23,25H,24,26-28H2,1-4H3,(H,43,45). The zero-order valence-corrected chi connectivity index (χ0v) is 29.2. The molecule has 0 fully saturated rings. The van der Waals surface area contributed by atoms with Gasteiger partial charge < -0.3 is 19.2 Å². The average Bonchev–Trinajstić information content (AvgIpc) is 3.12. The first-order valence-electron chi connectivity index (χ1n) is 16.1. The van der Waals surface area contributed by atoms with Crippen molar-refractivity contribution in [1.82, 2.24) is 10.3 Å². The van der Waals surface area contributed by atoms with Crippen LogP contribution in [0, 0.1) is 5.82 Å². The van der Waals surface area contributed by atoms with Gasteiger partial charge in [-0.3, -0.25) is 9.59 Å². The number of carbonyl (C=O) groups is 2. The molecule has 7 nitrogen and oxygen atoms in total. The van der Waals surface area contributed by atoms with Crippen molar-refractivity contribution in [2.75, 3.05) is 13.7 Å². The number of ether oxygens (including phenoxy) is 2. The molecule has 0 spiro atoms. The Bertz CT molecular complexity index is 1810. The van der Waals surface area contributed by atoms with Gasteiger partial charge in [0, 0.05) is 18.3 Å². The Hall–Kier alpha value is -4.96. The minimum Gasteiger partial charge on any atom is -0.494 e. The maximum absolute atomic E-state index is 13.8. The maximum atomic E-state index is 13.8. The molecule has 1 amide bonds. The third kappa shape index (κ3) is 8.20. The molecule has 5 rings (SSSR count). The van der Waals surface area contributed by atoms with Crippen LogP contribution in [-0.2, 0) is 28.9 Å². The fraction of sp³-hybridized carbons (Fsp3) is 0.225. The fourth-order valence-corrected chi connectivity index (χ4v) is 10.5. The van der Waals surface area contributed by atoms with Gasteiger partial charge in [0.2, 0.25) is 5.78 Å². The number of pyridine rings is 1. The van der Waals surface area contributed by atoms with E-state index in [-0.39, 0.29) is 54.2 Å². The SMILES string of the molecule is COc1c(C(=O)COCc2ccccc2)ncc(C(=O)NCc2ccc(F)cc2)c1CO[Si](c1ccccc1)(c1ccccc1)C(C)(C)C. The molecule has 0 saturated carbocycles. The van der Waals surface area contributed by atoms with Crippen molar-refractivity contribution >= 4 is 30.4 Å². The summed E-state index contributed by atoms with van der Waals surface area (Å²) in [6.45, 7) is 6.63. The molecule has 49 heavy (non-hydrogen) atoms. The number of Topliss-reactive ketones (excluding diaryl/α,β-unsaturated/α-hetero) is 1. The molecule has 0 bridgehead atoms. The highest BCUT2D eigenvalue weighted by Gasteiger charge is 2.50. The highest BCUT2D eigenvalue weighted by molar-refractivity contribution is 6.99. The van der Waals surface area contributed by atoms with Crippen molar-refractivity contribution in [3.05, 3.63) is 155 Å². The maximum Gasteiger partial charge on any atom is 0.261 e. The third-order valence-electron chi connectivity index (χ3n) is 8.41. The molecule has 0 unspecified atom stereocenters. The minimum atomic E-state index is -3.06. The number of ketones is 1. The second-order valence-electron chi connectivity index (χ2n) is 12.7. The molecule has 0 aliphatic carbocycles. The predicted molar refractivity (Wildman–Crippen MR) is 191 cm³/mol. The number of methoxy groups -OCH3 is 1. The van der Waals surface area contributed by atoms with E-state index in [0.29, 0.717) is 5.56 Å². The van der Waals surface area contributed by atoms with Crippen molar-refractivity contribution in [2.24, 2.45) is 0 Å². The zero-order chi connectivity index (χ0) is 34.9. The summed E-state index contributed by atoms with van der Waals surface area (Å²) >= 11 is 0. The number of amides is 1. The van der Waals surface area contributed by atoms with Crippen LogP contribution in [0.25, 0.3) is 0 Å². The molecule has 252 valence electrons. The molecule has 4 aromatic carbocycles. The summed E-state index contributed by atoms with van der Waals surface area (Å²) in [4.78, 5) is 31.8. The van der Waals surface area contributed by atoms with E-state index in [1.165, 1.54) is 25.4 Å². The van der Waals surface area contributed by atoms with Crippen LogP contribution in [0.5, 0.6) is 5.75 Å². The van der Waals surface area contributed by atoms with Gasteiger partial charge in [-0.15, -0.1) is 0 Å². The Morgan fingerprint density at radius 2 is 1.35 bits per heavy atom. The molecule has 1 heterocycles. The summed E-state index contributed by atoms with van der Waals surface area (Å²) < 4.78 is 32.3. The minimum absolute atomic E-state index is 0.0383. The number of hydrogen-bond donors (Lipinski definition) is 1. The molecular formula is C40H41FN2O5Si. The van der Waals surface area contributed by atoms with Crippen LogP contribution < -0.4 is 20.4 Å². The molecule has 0 aliphatic heterocycles. The molecule has 1 N–H and O–H groups in total. The number of aromatic nitrogens is 1. The van der Waals surface area contributed by atoms with Gasteiger partial charge in [0.15, 0.2) is 11.4 Å². The summed E-state index contributed by atoms with van der Waals surface area (Å²) in [6, 6.07) is 35.8. The van der Waals surface area contributed by atoms with E-state index < -0.39 is 20.0 Å². The van der Waals surface area contributed by atoms with Crippen LogP contribution in [0.1, 0.15) is 58.3 Å².